The topological polar surface area (TPSA) is 0 Å². The van der Waals surface area contributed by atoms with Crippen molar-refractivity contribution in [3.8, 4) is 0 Å². The van der Waals surface area contributed by atoms with E-state index in [4.69, 9.17) is 155 Å². The lowest BCUT2D eigenvalue weighted by molar-refractivity contribution is 3.16. The summed E-state index contributed by atoms with van der Waals surface area (Å²) in [5, 5.41) is 0. The van der Waals surface area contributed by atoms with Gasteiger partial charge in [-0.3, -0.25) is 0 Å². The summed E-state index contributed by atoms with van der Waals surface area (Å²) in [4.78, 5) is 0. The number of rotatable bonds is 5. The first kappa shape index (κ1) is 25.4. The van der Waals surface area contributed by atoms with Crippen LogP contribution in [0, 0.1) is 0 Å². The Morgan fingerprint density at radius 1 is 0.250 bits per heavy atom. The van der Waals surface area contributed by atoms with Gasteiger partial charge in [0.1, 0.15) is 0 Å². The van der Waals surface area contributed by atoms with Crippen molar-refractivity contribution in [3.63, 3.8) is 0 Å². The van der Waals surface area contributed by atoms with E-state index in [-0.39, 0.29) is 0 Å². The molecule has 0 N–H and O–H groups in total. The second kappa shape index (κ2) is 7.77. The van der Waals surface area contributed by atoms with Gasteiger partial charge in [0.05, 0.1) is 0 Å². The zero-order valence-corrected chi connectivity index (χ0v) is 24.9. The Hall–Kier alpha value is 5.36. The molecular weight excluding hydrogens is 665 g/mol. The summed E-state index contributed by atoms with van der Waals surface area (Å²) in [7, 11) is 0. The van der Waals surface area contributed by atoms with Crippen molar-refractivity contribution >= 4 is 189 Å². The molecule has 122 valence electrons. The average Bonchev–Trinajstić information content (AvgIpc) is 2.12. The third-order valence-corrected chi connectivity index (χ3v) is 154. The minimum Gasteiger partial charge on any atom is -0.148 e. The maximum atomic E-state index is 6.29. The summed E-state index contributed by atoms with van der Waals surface area (Å²) in [6, 6.07) is 0. The highest BCUT2D eigenvalue weighted by Crippen LogP contribution is 2.58. The van der Waals surface area contributed by atoms with Crippen molar-refractivity contribution < 1.29 is 0 Å². The van der Waals surface area contributed by atoms with Crippen molar-refractivity contribution in [3.05, 3.63) is 0 Å². The van der Waals surface area contributed by atoms with Gasteiger partial charge in [0.25, 0.3) is 11.5 Å². The second-order valence-corrected chi connectivity index (χ2v) is 88.9. The molecule has 0 fully saturated rings. The van der Waals surface area contributed by atoms with E-state index in [1.54, 1.807) is 0 Å². The van der Waals surface area contributed by atoms with Crippen LogP contribution in [0.5, 0.6) is 0 Å². The fraction of sp³-hybridized carbons (Fsp3) is 0. The van der Waals surface area contributed by atoms with E-state index < -0.39 is 34.0 Å². The smallest absolute Gasteiger partial charge is 0.148 e. The Morgan fingerprint density at radius 3 is 0.500 bits per heavy atom. The SMILES string of the molecule is Cl[Si](Cl)(Cl)[Si](Cl)(Cl)[Si](Cl)(Cl)[Si](Cl)(Cl)[Si](Cl)(Cl)[Si](Cl)(Cl)Cl. The van der Waals surface area contributed by atoms with Gasteiger partial charge in [-0.05, 0) is 0 Å². The summed E-state index contributed by atoms with van der Waals surface area (Å²) < 4.78 is 0. The Morgan fingerprint density at radius 2 is 0.400 bits per heavy atom. The predicted octanol–water partition coefficient (Wildman–Crippen LogP) is 7.37. The fourth-order valence-corrected chi connectivity index (χ4v) is 182. The maximum Gasteiger partial charge on any atom is 0.358 e. The third kappa shape index (κ3) is 4.61. The van der Waals surface area contributed by atoms with Crippen LogP contribution in [0.1, 0.15) is 0 Å². The lowest BCUT2D eigenvalue weighted by Gasteiger charge is -2.42. The van der Waals surface area contributed by atoms with Gasteiger partial charge in [-0.1, -0.05) is 0 Å². The highest BCUT2D eigenvalue weighted by Gasteiger charge is 2.84. The Bertz CT molecular complexity index is 319. The van der Waals surface area contributed by atoms with Gasteiger partial charge in [0, 0.05) is 0 Å². The van der Waals surface area contributed by atoms with Gasteiger partial charge in [0.15, 0.2) is 0 Å². The molecule has 0 aliphatic heterocycles. The second-order valence-electron chi connectivity index (χ2n) is 3.29. The molecular formula is Cl14Si6. The fourth-order valence-electron chi connectivity index (χ4n) is 0.750. The zero-order chi connectivity index (χ0) is 17.0. The molecule has 0 aromatic rings. The van der Waals surface area contributed by atoms with Crippen LogP contribution in [0.4, 0.5) is 0 Å². The molecule has 0 aromatic heterocycles. The van der Waals surface area contributed by atoms with Crippen LogP contribution >= 0.6 is 155 Å². The van der Waals surface area contributed by atoms with Crippen molar-refractivity contribution in [2.24, 2.45) is 0 Å². The first-order valence-corrected chi connectivity index (χ1v) is 35.1. The molecule has 0 aliphatic carbocycles. The van der Waals surface area contributed by atoms with E-state index in [9.17, 15) is 0 Å². The molecule has 0 bridgehead atoms. The monoisotopic (exact) mass is 657 g/mol. The highest BCUT2D eigenvalue weighted by atomic mass is 35.9. The average molecular weight is 665 g/mol. The lowest BCUT2D eigenvalue weighted by Crippen LogP contribution is -2.79. The van der Waals surface area contributed by atoms with Crippen LogP contribution < -0.4 is 0 Å². The molecule has 0 amide bonds. The first-order chi connectivity index (χ1) is 8.25. The minimum atomic E-state index is -4.01. The normalized spacial score (nSPS) is 16.5. The van der Waals surface area contributed by atoms with Gasteiger partial charge in [-0.25, -0.2) is 0 Å². The zero-order valence-electron chi connectivity index (χ0n) is 8.29. The summed E-state index contributed by atoms with van der Waals surface area (Å²) in [6.07, 6.45) is 0. The first-order valence-electron chi connectivity index (χ1n) is 3.90. The van der Waals surface area contributed by atoms with E-state index in [0.29, 0.717) is 0 Å². The van der Waals surface area contributed by atoms with E-state index in [0.717, 1.165) is 0 Å². The van der Waals surface area contributed by atoms with E-state index in [1.165, 1.54) is 0 Å². The minimum absolute atomic E-state index is 3.73. The number of hydrogen-bond donors (Lipinski definition) is 0. The molecule has 0 heterocycles. The Kier molecular flexibility index (Phi) is 9.85. The molecule has 0 saturated carbocycles. The molecule has 0 radical (unpaired) electrons. The molecule has 0 spiro atoms. The number of hydrogen-bond acceptors (Lipinski definition) is 0. The van der Waals surface area contributed by atoms with Crippen LogP contribution in [0.25, 0.3) is 0 Å². The maximum absolute atomic E-state index is 6.29. The molecule has 0 rings (SSSR count). The summed E-state index contributed by atoms with van der Waals surface area (Å²) in [5.41, 5.74) is -23.3. The largest absolute Gasteiger partial charge is 0.358 e. The van der Waals surface area contributed by atoms with E-state index >= 15 is 0 Å². The summed E-state index contributed by atoms with van der Waals surface area (Å²) in [6.45, 7) is 0. The highest BCUT2D eigenvalue weighted by molar-refractivity contribution is 8.41. The molecule has 0 saturated heterocycles. The van der Waals surface area contributed by atoms with Crippen LogP contribution in [0.2, 0.25) is 0 Å². The van der Waals surface area contributed by atoms with Gasteiger partial charge >= 0.3 is 22.5 Å². The van der Waals surface area contributed by atoms with Crippen LogP contribution in [-0.4, -0.2) is 34.0 Å². The molecule has 20 heteroatoms. The van der Waals surface area contributed by atoms with Crippen LogP contribution in [0.3, 0.4) is 0 Å². The molecule has 0 aliphatic rings. The van der Waals surface area contributed by atoms with Gasteiger partial charge in [-0.2, -0.15) is 0 Å². The molecule has 0 atom stereocenters. The van der Waals surface area contributed by atoms with Gasteiger partial charge in [0.2, 0.25) is 0 Å². The van der Waals surface area contributed by atoms with Crippen molar-refractivity contribution in [2.45, 2.75) is 0 Å². The Balaban J connectivity index is 6.08. The van der Waals surface area contributed by atoms with Gasteiger partial charge in [-0.15, -0.1) is 155 Å². The van der Waals surface area contributed by atoms with Crippen molar-refractivity contribution in [2.75, 3.05) is 0 Å². The van der Waals surface area contributed by atoms with Crippen LogP contribution in [0.15, 0.2) is 0 Å². The van der Waals surface area contributed by atoms with Crippen molar-refractivity contribution in [1.29, 1.82) is 0 Å². The molecule has 0 aromatic carbocycles. The predicted molar refractivity (Wildman–Crippen MR) is 116 cm³/mol. The molecule has 20 heavy (non-hydrogen) atoms. The third-order valence-electron chi connectivity index (χ3n) is 1.90. The quantitative estimate of drug-likeness (QED) is 0.213. The standard InChI is InChI=1S/Cl14Si6/c1-15(2,3)17(7,8)19(11,12)20(13,14)18(9,10)16(4,5)6. The van der Waals surface area contributed by atoms with Crippen molar-refractivity contribution in [1.82, 2.24) is 0 Å². The lowest BCUT2D eigenvalue weighted by atomic mass is 26.1. The van der Waals surface area contributed by atoms with E-state index in [2.05, 4.69) is 0 Å². The van der Waals surface area contributed by atoms with E-state index in [1.807, 2.05) is 0 Å². The summed E-state index contributed by atoms with van der Waals surface area (Å²) in [5.74, 6) is 0. The number of halogens is 14. The Labute approximate surface area is 186 Å². The van der Waals surface area contributed by atoms with Gasteiger partial charge < -0.3 is 0 Å². The summed E-state index contributed by atoms with van der Waals surface area (Å²) >= 11 is 85.0. The molecule has 0 nitrogen and oxygen atoms in total. The molecule has 0 unspecified atom stereocenters. The van der Waals surface area contributed by atoms with Crippen LogP contribution in [-0.2, 0) is 0 Å².